The van der Waals surface area contributed by atoms with Crippen molar-refractivity contribution >= 4 is 35.1 Å². The van der Waals surface area contributed by atoms with Crippen molar-refractivity contribution in [1.82, 2.24) is 9.97 Å². The van der Waals surface area contributed by atoms with Crippen LogP contribution in [0.15, 0.2) is 35.6 Å². The maximum absolute atomic E-state index is 11.9. The zero-order valence-corrected chi connectivity index (χ0v) is 13.7. The van der Waals surface area contributed by atoms with Gasteiger partial charge in [-0.2, -0.15) is 0 Å². The number of nitrogens with one attached hydrogen (secondary N) is 1. The van der Waals surface area contributed by atoms with E-state index in [4.69, 9.17) is 10.5 Å². The Labute approximate surface area is 142 Å². The van der Waals surface area contributed by atoms with E-state index in [1.807, 2.05) is 0 Å². The maximum Gasteiger partial charge on any atom is 0.343 e. The molecule has 0 atom stereocenters. The lowest BCUT2D eigenvalue weighted by Gasteiger charge is -2.07. The smallest absolute Gasteiger partial charge is 0.343 e. The first-order valence-electron chi connectivity index (χ1n) is 7.01. The summed E-state index contributed by atoms with van der Waals surface area (Å²) in [5.74, 6) is -0.769. The second-order valence-corrected chi connectivity index (χ2v) is 5.50. The van der Waals surface area contributed by atoms with Gasteiger partial charge in [-0.05, 0) is 19.1 Å². The Bertz CT molecular complexity index is 754. The topological polar surface area (TPSA) is 127 Å². The zero-order chi connectivity index (χ0) is 17.5. The van der Waals surface area contributed by atoms with Crippen molar-refractivity contribution in [3.05, 3.63) is 36.0 Å². The molecule has 0 aliphatic rings. The van der Waals surface area contributed by atoms with Gasteiger partial charge in [0.25, 0.3) is 0 Å². The molecule has 1 aromatic heterocycles. The molecule has 0 saturated heterocycles. The number of anilines is 2. The standard InChI is InChI=1S/C15H16N4O4S/c1-2-23-14(22)11-7-17-15(19-13(11)16)24-8-12(21)18-9-4-3-5-10(20)6-9/h3-7,20H,2,8H2,1H3,(H,18,21)(H2,16,17,19). The van der Waals surface area contributed by atoms with Crippen LogP contribution in [-0.2, 0) is 9.53 Å². The van der Waals surface area contributed by atoms with Gasteiger partial charge in [0.2, 0.25) is 5.91 Å². The molecule has 1 heterocycles. The molecule has 1 amide bonds. The molecule has 8 nitrogen and oxygen atoms in total. The number of carbonyl (C=O) groups is 2. The number of benzene rings is 1. The van der Waals surface area contributed by atoms with Crippen LogP contribution >= 0.6 is 11.8 Å². The first kappa shape index (κ1) is 17.5. The molecule has 0 aliphatic heterocycles. The Balaban J connectivity index is 1.93. The quantitative estimate of drug-likeness (QED) is 0.409. The van der Waals surface area contributed by atoms with Gasteiger partial charge in [-0.15, -0.1) is 0 Å². The summed E-state index contributed by atoms with van der Waals surface area (Å²) in [5.41, 5.74) is 6.28. The summed E-state index contributed by atoms with van der Waals surface area (Å²) in [6.45, 7) is 1.91. The maximum atomic E-state index is 11.9. The molecule has 0 bridgehead atoms. The number of amides is 1. The molecular weight excluding hydrogens is 332 g/mol. The monoisotopic (exact) mass is 348 g/mol. The highest BCUT2D eigenvalue weighted by Crippen LogP contribution is 2.19. The Hall–Kier alpha value is -2.81. The Kier molecular flexibility index (Phi) is 5.96. The van der Waals surface area contributed by atoms with E-state index in [9.17, 15) is 14.7 Å². The van der Waals surface area contributed by atoms with Gasteiger partial charge in [0, 0.05) is 18.0 Å². The fraction of sp³-hybridized carbons (Fsp3) is 0.200. The number of aromatic nitrogens is 2. The molecular formula is C15H16N4O4S. The largest absolute Gasteiger partial charge is 0.508 e. The second-order valence-electron chi connectivity index (χ2n) is 4.56. The van der Waals surface area contributed by atoms with Crippen LogP contribution in [0.1, 0.15) is 17.3 Å². The van der Waals surface area contributed by atoms with E-state index in [1.54, 1.807) is 19.1 Å². The first-order chi connectivity index (χ1) is 11.5. The molecule has 0 aliphatic carbocycles. The number of nitrogens with two attached hydrogens (primary N) is 1. The minimum Gasteiger partial charge on any atom is -0.508 e. The van der Waals surface area contributed by atoms with Gasteiger partial charge < -0.3 is 20.9 Å². The van der Waals surface area contributed by atoms with E-state index in [0.717, 1.165) is 11.8 Å². The van der Waals surface area contributed by atoms with Crippen LogP contribution in [0.3, 0.4) is 0 Å². The van der Waals surface area contributed by atoms with Crippen molar-refractivity contribution in [3.63, 3.8) is 0 Å². The van der Waals surface area contributed by atoms with Crippen LogP contribution in [0.25, 0.3) is 0 Å². The molecule has 0 fully saturated rings. The average Bonchev–Trinajstić information content (AvgIpc) is 2.53. The zero-order valence-electron chi connectivity index (χ0n) is 12.9. The fourth-order valence-electron chi connectivity index (χ4n) is 1.72. The minimum absolute atomic E-state index is 0.000611. The predicted octanol–water partition coefficient (Wildman–Crippen LogP) is 1.67. The minimum atomic E-state index is -0.590. The number of phenolic OH excluding ortho intramolecular Hbond substituents is 1. The van der Waals surface area contributed by atoms with E-state index in [-0.39, 0.29) is 40.6 Å². The molecule has 0 saturated carbocycles. The van der Waals surface area contributed by atoms with Gasteiger partial charge in [0.15, 0.2) is 5.16 Å². The highest BCUT2D eigenvalue weighted by molar-refractivity contribution is 7.99. The summed E-state index contributed by atoms with van der Waals surface area (Å²) in [7, 11) is 0. The van der Waals surface area contributed by atoms with Gasteiger partial charge in [-0.1, -0.05) is 17.8 Å². The molecule has 1 aromatic carbocycles. The molecule has 0 spiro atoms. The van der Waals surface area contributed by atoms with Crippen molar-refractivity contribution in [1.29, 1.82) is 0 Å². The summed E-state index contributed by atoms with van der Waals surface area (Å²) in [4.78, 5) is 31.4. The summed E-state index contributed by atoms with van der Waals surface area (Å²) < 4.78 is 4.83. The number of aromatic hydroxyl groups is 1. The van der Waals surface area contributed by atoms with E-state index in [0.29, 0.717) is 5.69 Å². The molecule has 0 unspecified atom stereocenters. The highest BCUT2D eigenvalue weighted by Gasteiger charge is 2.14. The van der Waals surface area contributed by atoms with E-state index >= 15 is 0 Å². The summed E-state index contributed by atoms with van der Waals surface area (Å²) in [5, 5.41) is 12.2. The Morgan fingerprint density at radius 3 is 2.88 bits per heavy atom. The molecule has 4 N–H and O–H groups in total. The number of carbonyl (C=O) groups excluding carboxylic acids is 2. The number of phenols is 1. The summed E-state index contributed by atoms with van der Waals surface area (Å²) in [6.07, 6.45) is 1.27. The van der Waals surface area contributed by atoms with Gasteiger partial charge in [-0.3, -0.25) is 4.79 Å². The Morgan fingerprint density at radius 1 is 1.42 bits per heavy atom. The SMILES string of the molecule is CCOC(=O)c1cnc(SCC(=O)Nc2cccc(O)c2)nc1N. The van der Waals surface area contributed by atoms with Crippen LogP contribution in [0.4, 0.5) is 11.5 Å². The van der Waals surface area contributed by atoms with Crippen LogP contribution in [0.5, 0.6) is 5.75 Å². The number of thioether (sulfide) groups is 1. The number of nitrogens with zero attached hydrogens (tertiary/aromatic N) is 2. The predicted molar refractivity (Wildman–Crippen MR) is 89.9 cm³/mol. The van der Waals surface area contributed by atoms with Crippen LogP contribution in [-0.4, -0.2) is 39.3 Å². The van der Waals surface area contributed by atoms with Crippen molar-refractivity contribution in [3.8, 4) is 5.75 Å². The van der Waals surface area contributed by atoms with Gasteiger partial charge >= 0.3 is 5.97 Å². The Morgan fingerprint density at radius 2 is 2.21 bits per heavy atom. The van der Waals surface area contributed by atoms with Crippen molar-refractivity contribution in [2.75, 3.05) is 23.4 Å². The third-order valence-corrected chi connectivity index (χ3v) is 3.62. The van der Waals surface area contributed by atoms with E-state index in [1.165, 1.54) is 18.3 Å². The number of nitrogen functional groups attached to an aromatic ring is 1. The van der Waals surface area contributed by atoms with Crippen molar-refractivity contribution in [2.24, 2.45) is 0 Å². The summed E-state index contributed by atoms with van der Waals surface area (Å²) in [6, 6.07) is 6.22. The lowest BCUT2D eigenvalue weighted by molar-refractivity contribution is -0.113. The lowest BCUT2D eigenvalue weighted by atomic mass is 10.3. The molecule has 2 aromatic rings. The second kappa shape index (κ2) is 8.16. The number of rotatable bonds is 6. The fourth-order valence-corrected chi connectivity index (χ4v) is 2.35. The van der Waals surface area contributed by atoms with Crippen LogP contribution < -0.4 is 11.1 Å². The molecule has 24 heavy (non-hydrogen) atoms. The van der Waals surface area contributed by atoms with E-state index < -0.39 is 5.97 Å². The third kappa shape index (κ3) is 4.85. The van der Waals surface area contributed by atoms with Crippen molar-refractivity contribution in [2.45, 2.75) is 12.1 Å². The van der Waals surface area contributed by atoms with Crippen molar-refractivity contribution < 1.29 is 19.4 Å². The first-order valence-corrected chi connectivity index (χ1v) is 7.99. The normalized spacial score (nSPS) is 10.2. The third-order valence-electron chi connectivity index (χ3n) is 2.75. The molecule has 0 radical (unpaired) electrons. The number of esters is 1. The van der Waals surface area contributed by atoms with Gasteiger partial charge in [0.05, 0.1) is 12.4 Å². The highest BCUT2D eigenvalue weighted by atomic mass is 32.2. The van der Waals surface area contributed by atoms with Gasteiger partial charge in [-0.25, -0.2) is 14.8 Å². The number of hydrogen-bond acceptors (Lipinski definition) is 8. The molecule has 2 rings (SSSR count). The lowest BCUT2D eigenvalue weighted by Crippen LogP contribution is -2.15. The average molecular weight is 348 g/mol. The number of ether oxygens (including phenoxy) is 1. The summed E-state index contributed by atoms with van der Waals surface area (Å²) >= 11 is 1.07. The van der Waals surface area contributed by atoms with E-state index in [2.05, 4.69) is 15.3 Å². The van der Waals surface area contributed by atoms with Gasteiger partial charge in [0.1, 0.15) is 17.1 Å². The molecule has 9 heteroatoms. The number of hydrogen-bond donors (Lipinski definition) is 3. The van der Waals surface area contributed by atoms with Crippen LogP contribution in [0, 0.1) is 0 Å². The molecule has 126 valence electrons. The van der Waals surface area contributed by atoms with Crippen LogP contribution in [0.2, 0.25) is 0 Å².